The number of aryl methyl sites for hydroxylation is 1. The highest BCUT2D eigenvalue weighted by Crippen LogP contribution is 2.27. The highest BCUT2D eigenvalue weighted by molar-refractivity contribution is 7.11. The van der Waals surface area contributed by atoms with Crippen LogP contribution in [0.2, 0.25) is 0 Å². The average Bonchev–Trinajstić information content (AvgIpc) is 2.84. The molecule has 0 aliphatic heterocycles. The average molecular weight is 304 g/mol. The van der Waals surface area contributed by atoms with Crippen LogP contribution in [0.5, 0.6) is 5.75 Å². The minimum atomic E-state index is 0.444. The van der Waals surface area contributed by atoms with Crippen molar-refractivity contribution in [3.05, 3.63) is 44.9 Å². The van der Waals surface area contributed by atoms with Gasteiger partial charge in [0.1, 0.15) is 17.4 Å². The lowest BCUT2D eigenvalue weighted by atomic mass is 10.1. The molecule has 4 heteroatoms. The van der Waals surface area contributed by atoms with E-state index in [2.05, 4.69) is 39.1 Å². The molecule has 0 aliphatic rings. The molecular weight excluding hydrogens is 280 g/mol. The minimum absolute atomic E-state index is 0.444. The van der Waals surface area contributed by atoms with Crippen LogP contribution in [-0.4, -0.2) is 12.0 Å². The largest absolute Gasteiger partial charge is 0.486 e. The van der Waals surface area contributed by atoms with Crippen molar-refractivity contribution in [2.75, 3.05) is 7.05 Å². The summed E-state index contributed by atoms with van der Waals surface area (Å²) >= 11 is 1.74. The Balaban J connectivity index is 2.13. The summed E-state index contributed by atoms with van der Waals surface area (Å²) in [6, 6.07) is 6.16. The third-order valence-electron chi connectivity index (χ3n) is 3.56. The molecule has 0 aliphatic carbocycles. The van der Waals surface area contributed by atoms with E-state index in [0.717, 1.165) is 17.3 Å². The normalized spacial score (nSPS) is 11.1. The fourth-order valence-corrected chi connectivity index (χ4v) is 3.38. The molecule has 1 aromatic carbocycles. The van der Waals surface area contributed by atoms with E-state index >= 15 is 0 Å². The first kappa shape index (κ1) is 16.0. The summed E-state index contributed by atoms with van der Waals surface area (Å²) in [5.41, 5.74) is 3.65. The van der Waals surface area contributed by atoms with Gasteiger partial charge in [-0.25, -0.2) is 4.98 Å². The molecule has 0 radical (unpaired) electrons. The third-order valence-corrected chi connectivity index (χ3v) is 4.61. The van der Waals surface area contributed by atoms with Crippen molar-refractivity contribution in [3.63, 3.8) is 0 Å². The van der Waals surface area contributed by atoms with Gasteiger partial charge in [-0.3, -0.25) is 0 Å². The zero-order valence-corrected chi connectivity index (χ0v) is 14.3. The van der Waals surface area contributed by atoms with Crippen LogP contribution in [0.25, 0.3) is 0 Å². The Labute approximate surface area is 131 Å². The monoisotopic (exact) mass is 304 g/mol. The van der Waals surface area contributed by atoms with Crippen molar-refractivity contribution in [1.82, 2.24) is 10.3 Å². The number of thiazole rings is 1. The van der Waals surface area contributed by atoms with Crippen LogP contribution >= 0.6 is 11.3 Å². The van der Waals surface area contributed by atoms with E-state index in [0.29, 0.717) is 12.5 Å². The van der Waals surface area contributed by atoms with Crippen molar-refractivity contribution in [2.45, 2.75) is 46.8 Å². The van der Waals surface area contributed by atoms with Gasteiger partial charge in [0.15, 0.2) is 0 Å². The van der Waals surface area contributed by atoms with Gasteiger partial charge in [0.25, 0.3) is 0 Å². The molecule has 2 aromatic rings. The molecule has 0 bridgehead atoms. The predicted molar refractivity (Wildman–Crippen MR) is 89.2 cm³/mol. The van der Waals surface area contributed by atoms with Crippen molar-refractivity contribution in [1.29, 1.82) is 0 Å². The number of nitrogens with zero attached hydrogens (tertiary/aromatic N) is 1. The first-order valence-electron chi connectivity index (χ1n) is 7.35. The topological polar surface area (TPSA) is 34.1 Å². The van der Waals surface area contributed by atoms with Crippen LogP contribution in [0.15, 0.2) is 18.2 Å². The predicted octanol–water partition coefficient (Wildman–Crippen LogP) is 4.18. The summed E-state index contributed by atoms with van der Waals surface area (Å²) in [5, 5.41) is 4.26. The Morgan fingerprint density at radius 2 is 2.05 bits per heavy atom. The summed E-state index contributed by atoms with van der Waals surface area (Å²) < 4.78 is 5.96. The van der Waals surface area contributed by atoms with Gasteiger partial charge in [-0.05, 0) is 44.0 Å². The molecule has 1 heterocycles. The molecule has 0 unspecified atom stereocenters. The molecule has 3 nitrogen and oxygen atoms in total. The smallest absolute Gasteiger partial charge is 0.140 e. The van der Waals surface area contributed by atoms with Gasteiger partial charge < -0.3 is 10.1 Å². The van der Waals surface area contributed by atoms with Gasteiger partial charge >= 0.3 is 0 Å². The third kappa shape index (κ3) is 3.83. The molecular formula is C17H24N2OS. The maximum atomic E-state index is 5.96. The lowest BCUT2D eigenvalue weighted by molar-refractivity contribution is 0.303. The van der Waals surface area contributed by atoms with Gasteiger partial charge in [0.2, 0.25) is 0 Å². The number of benzene rings is 1. The molecule has 0 saturated carbocycles. The second-order valence-corrected chi connectivity index (χ2v) is 6.76. The summed E-state index contributed by atoms with van der Waals surface area (Å²) in [4.78, 5) is 6.06. The first-order chi connectivity index (χ1) is 10.0. The number of hydrogen-bond donors (Lipinski definition) is 1. The van der Waals surface area contributed by atoms with Crippen LogP contribution in [0.4, 0.5) is 0 Å². The first-order valence-corrected chi connectivity index (χ1v) is 8.16. The fraction of sp³-hybridized carbons (Fsp3) is 0.471. The molecule has 21 heavy (non-hydrogen) atoms. The summed E-state index contributed by atoms with van der Waals surface area (Å²) in [7, 11) is 1.97. The minimum Gasteiger partial charge on any atom is -0.486 e. The van der Waals surface area contributed by atoms with E-state index in [-0.39, 0.29) is 0 Å². The molecule has 0 saturated heterocycles. The summed E-state index contributed by atoms with van der Waals surface area (Å²) in [6.07, 6.45) is 0. The van der Waals surface area contributed by atoms with Crippen molar-refractivity contribution >= 4 is 11.3 Å². The fourth-order valence-electron chi connectivity index (χ4n) is 2.23. The van der Waals surface area contributed by atoms with E-state index in [4.69, 9.17) is 9.72 Å². The lowest BCUT2D eigenvalue weighted by Crippen LogP contribution is -2.06. The van der Waals surface area contributed by atoms with Gasteiger partial charge in [-0.2, -0.15) is 0 Å². The number of ether oxygens (including phenoxy) is 1. The Hall–Kier alpha value is -1.39. The summed E-state index contributed by atoms with van der Waals surface area (Å²) in [5.74, 6) is 1.39. The van der Waals surface area contributed by atoms with Crippen LogP contribution in [0, 0.1) is 13.8 Å². The molecule has 0 atom stereocenters. The molecule has 0 fully saturated rings. The number of aromatic nitrogens is 1. The van der Waals surface area contributed by atoms with Crippen LogP contribution in [0.1, 0.15) is 46.5 Å². The quantitative estimate of drug-likeness (QED) is 0.869. The van der Waals surface area contributed by atoms with Crippen molar-refractivity contribution in [2.24, 2.45) is 0 Å². The van der Waals surface area contributed by atoms with Gasteiger partial charge in [-0.1, -0.05) is 26.0 Å². The number of nitrogens with one attached hydrogen (secondary N) is 1. The maximum Gasteiger partial charge on any atom is 0.140 e. The zero-order chi connectivity index (χ0) is 15.4. The second-order valence-electron chi connectivity index (χ2n) is 5.59. The van der Waals surface area contributed by atoms with E-state index in [1.807, 2.05) is 19.2 Å². The molecule has 114 valence electrons. The number of rotatable bonds is 6. The highest BCUT2D eigenvalue weighted by Gasteiger charge is 2.14. The van der Waals surface area contributed by atoms with Crippen molar-refractivity contribution < 1.29 is 4.74 Å². The standard InChI is InChI=1S/C17H24N2OS/c1-11(2)17-15(9-18-5)21-16(19-17)10-20-14-8-6-7-12(3)13(14)4/h6-8,11,18H,9-10H2,1-5H3. The van der Waals surface area contributed by atoms with Crippen LogP contribution < -0.4 is 10.1 Å². The van der Waals surface area contributed by atoms with Crippen molar-refractivity contribution in [3.8, 4) is 5.75 Å². The lowest BCUT2D eigenvalue weighted by Gasteiger charge is -2.09. The Kier molecular flexibility index (Phi) is 5.37. The second kappa shape index (κ2) is 7.05. The van der Waals surface area contributed by atoms with E-state index < -0.39 is 0 Å². The Bertz CT molecular complexity index is 605. The molecule has 0 amide bonds. The maximum absolute atomic E-state index is 5.96. The zero-order valence-electron chi connectivity index (χ0n) is 13.5. The van der Waals surface area contributed by atoms with Gasteiger partial charge in [0.05, 0.1) is 5.69 Å². The van der Waals surface area contributed by atoms with Gasteiger partial charge in [-0.15, -0.1) is 11.3 Å². The molecule has 0 spiro atoms. The van der Waals surface area contributed by atoms with E-state index in [1.54, 1.807) is 11.3 Å². The van der Waals surface area contributed by atoms with Crippen LogP contribution in [0.3, 0.4) is 0 Å². The van der Waals surface area contributed by atoms with E-state index in [9.17, 15) is 0 Å². The highest BCUT2D eigenvalue weighted by atomic mass is 32.1. The van der Waals surface area contributed by atoms with Gasteiger partial charge in [0, 0.05) is 11.4 Å². The Morgan fingerprint density at radius 3 is 2.71 bits per heavy atom. The molecule has 2 rings (SSSR count). The van der Waals surface area contributed by atoms with E-state index in [1.165, 1.54) is 21.7 Å². The van der Waals surface area contributed by atoms with Crippen LogP contribution in [-0.2, 0) is 13.2 Å². The molecule has 1 aromatic heterocycles. The summed E-state index contributed by atoms with van der Waals surface area (Å²) in [6.45, 7) is 9.98. The SMILES string of the molecule is CNCc1sc(COc2cccc(C)c2C)nc1C(C)C. The number of hydrogen-bond acceptors (Lipinski definition) is 4. The molecule has 1 N–H and O–H groups in total. The Morgan fingerprint density at radius 1 is 1.29 bits per heavy atom.